The van der Waals surface area contributed by atoms with Crippen LogP contribution < -0.4 is 5.84 Å². The van der Waals surface area contributed by atoms with Crippen LogP contribution in [0.4, 0.5) is 0 Å². The molecule has 3 aromatic rings. The molecular weight excluding hydrogens is 224 g/mol. The number of fused-ring (bicyclic) bond motifs is 1. The van der Waals surface area contributed by atoms with Crippen molar-refractivity contribution in [1.29, 1.82) is 0 Å². The van der Waals surface area contributed by atoms with Crippen LogP contribution >= 0.6 is 11.6 Å². The maximum Gasteiger partial charge on any atom is 0.114 e. The number of aromatic nitrogens is 3. The lowest BCUT2D eigenvalue weighted by Gasteiger charge is -1.91. The van der Waals surface area contributed by atoms with Gasteiger partial charge in [0.15, 0.2) is 0 Å². The van der Waals surface area contributed by atoms with Gasteiger partial charge in [0.1, 0.15) is 12.0 Å². The molecule has 80 valence electrons. The summed E-state index contributed by atoms with van der Waals surface area (Å²) in [5.74, 6) is 5.55. The van der Waals surface area contributed by atoms with E-state index in [1.54, 1.807) is 12.5 Å². The largest absolute Gasteiger partial charge is 0.352 e. The predicted octanol–water partition coefficient (Wildman–Crippen LogP) is 2.40. The smallest absolute Gasteiger partial charge is 0.114 e. The number of halogens is 1. The van der Waals surface area contributed by atoms with Crippen LogP contribution in [0, 0.1) is 0 Å². The topological polar surface area (TPSA) is 59.6 Å². The highest BCUT2D eigenvalue weighted by molar-refractivity contribution is 6.35. The van der Waals surface area contributed by atoms with Gasteiger partial charge in [-0.2, -0.15) is 0 Å². The molecule has 0 spiro atoms. The van der Waals surface area contributed by atoms with Crippen molar-refractivity contribution in [2.24, 2.45) is 0 Å². The molecule has 0 aliphatic rings. The summed E-state index contributed by atoms with van der Waals surface area (Å²) >= 11 is 6.08. The Kier molecular flexibility index (Phi) is 1.91. The molecule has 0 aliphatic heterocycles. The molecule has 0 aliphatic carbocycles. The summed E-state index contributed by atoms with van der Waals surface area (Å²) in [6, 6.07) is 7.78. The average Bonchev–Trinajstić information content (AvgIpc) is 2.84. The lowest BCUT2D eigenvalue weighted by molar-refractivity contribution is 1.00. The number of nitrogens with one attached hydrogen (secondary N) is 1. The van der Waals surface area contributed by atoms with Crippen LogP contribution in [0.15, 0.2) is 36.8 Å². The molecule has 2 aromatic heterocycles. The van der Waals surface area contributed by atoms with E-state index < -0.39 is 0 Å². The third-order valence-corrected chi connectivity index (χ3v) is 2.80. The van der Waals surface area contributed by atoms with Crippen molar-refractivity contribution in [2.45, 2.75) is 0 Å². The van der Waals surface area contributed by atoms with Gasteiger partial charge >= 0.3 is 0 Å². The number of imidazole rings is 1. The maximum atomic E-state index is 6.08. The number of hydrogen-bond donors (Lipinski definition) is 2. The van der Waals surface area contributed by atoms with E-state index in [0.29, 0.717) is 5.02 Å². The first kappa shape index (κ1) is 9.30. The van der Waals surface area contributed by atoms with E-state index in [9.17, 15) is 0 Å². The van der Waals surface area contributed by atoms with Gasteiger partial charge in [0.25, 0.3) is 0 Å². The summed E-state index contributed by atoms with van der Waals surface area (Å²) in [6.07, 6.45) is 3.31. The zero-order valence-corrected chi connectivity index (χ0v) is 9.07. The van der Waals surface area contributed by atoms with Gasteiger partial charge < -0.3 is 10.8 Å². The molecule has 0 amide bonds. The number of benzene rings is 1. The Morgan fingerprint density at radius 3 is 2.94 bits per heavy atom. The Hall–Kier alpha value is -1.94. The van der Waals surface area contributed by atoms with Crippen molar-refractivity contribution >= 4 is 22.5 Å². The number of hydrogen-bond acceptors (Lipinski definition) is 2. The zero-order chi connectivity index (χ0) is 11.1. The molecule has 0 saturated carbocycles. The number of aromatic amines is 1. The van der Waals surface area contributed by atoms with Crippen LogP contribution in [0.25, 0.3) is 22.3 Å². The average molecular weight is 233 g/mol. The third kappa shape index (κ3) is 1.35. The normalized spacial score (nSPS) is 11.1. The second-order valence-corrected chi connectivity index (χ2v) is 4.00. The van der Waals surface area contributed by atoms with Gasteiger partial charge in [-0.1, -0.05) is 23.7 Å². The second kappa shape index (κ2) is 3.28. The summed E-state index contributed by atoms with van der Waals surface area (Å²) in [7, 11) is 0. The van der Waals surface area contributed by atoms with E-state index in [1.165, 1.54) is 4.68 Å². The zero-order valence-electron chi connectivity index (χ0n) is 8.31. The highest BCUT2D eigenvalue weighted by Crippen LogP contribution is 2.27. The van der Waals surface area contributed by atoms with Gasteiger partial charge in [-0.3, -0.25) is 4.68 Å². The first-order chi connectivity index (χ1) is 7.74. The minimum Gasteiger partial charge on any atom is -0.352 e. The molecule has 2 heterocycles. The van der Waals surface area contributed by atoms with Gasteiger partial charge in [-0.15, -0.1) is 0 Å². The molecule has 0 radical (unpaired) electrons. The molecule has 4 nitrogen and oxygen atoms in total. The van der Waals surface area contributed by atoms with E-state index >= 15 is 0 Å². The van der Waals surface area contributed by atoms with E-state index in [-0.39, 0.29) is 0 Å². The van der Waals surface area contributed by atoms with Crippen LogP contribution in [-0.4, -0.2) is 14.6 Å². The van der Waals surface area contributed by atoms with Crippen molar-refractivity contribution < 1.29 is 0 Å². The van der Waals surface area contributed by atoms with Crippen LogP contribution in [0.3, 0.4) is 0 Å². The summed E-state index contributed by atoms with van der Waals surface area (Å²) in [5, 5.41) is 1.77. The number of nitrogen functional groups attached to an aromatic ring is 1. The fraction of sp³-hybridized carbons (Fsp3) is 0. The van der Waals surface area contributed by atoms with E-state index in [2.05, 4.69) is 9.97 Å². The fourth-order valence-electron chi connectivity index (χ4n) is 1.73. The first-order valence-corrected chi connectivity index (χ1v) is 5.18. The summed E-state index contributed by atoms with van der Waals surface area (Å²) in [5.41, 5.74) is 2.63. The highest BCUT2D eigenvalue weighted by Gasteiger charge is 2.07. The molecule has 0 atom stereocenters. The number of rotatable bonds is 1. The lowest BCUT2D eigenvalue weighted by atomic mass is 10.2. The predicted molar refractivity (Wildman–Crippen MR) is 64.7 cm³/mol. The molecule has 0 fully saturated rings. The van der Waals surface area contributed by atoms with Gasteiger partial charge in [0, 0.05) is 5.39 Å². The van der Waals surface area contributed by atoms with E-state index in [4.69, 9.17) is 17.4 Å². The Morgan fingerprint density at radius 1 is 1.38 bits per heavy atom. The van der Waals surface area contributed by atoms with Crippen LogP contribution in [0.1, 0.15) is 0 Å². The first-order valence-electron chi connectivity index (χ1n) is 4.81. The van der Waals surface area contributed by atoms with Gasteiger partial charge in [0.05, 0.1) is 22.4 Å². The van der Waals surface area contributed by atoms with Crippen molar-refractivity contribution in [2.75, 3.05) is 5.84 Å². The summed E-state index contributed by atoms with van der Waals surface area (Å²) in [4.78, 5) is 7.40. The Labute approximate surface area is 96.6 Å². The minimum atomic E-state index is 0.705. The third-order valence-electron chi connectivity index (χ3n) is 2.48. The molecule has 0 saturated heterocycles. The van der Waals surface area contributed by atoms with Crippen molar-refractivity contribution in [3.8, 4) is 11.4 Å². The van der Waals surface area contributed by atoms with Gasteiger partial charge in [0.2, 0.25) is 0 Å². The van der Waals surface area contributed by atoms with Crippen molar-refractivity contribution in [3.63, 3.8) is 0 Å². The molecule has 0 unspecified atom stereocenters. The van der Waals surface area contributed by atoms with Crippen molar-refractivity contribution in [1.82, 2.24) is 14.6 Å². The van der Waals surface area contributed by atoms with Gasteiger partial charge in [-0.05, 0) is 12.1 Å². The lowest BCUT2D eigenvalue weighted by Crippen LogP contribution is -2.02. The molecular formula is C11H9ClN4. The number of nitrogens with two attached hydrogens (primary N) is 1. The van der Waals surface area contributed by atoms with Crippen LogP contribution in [0.5, 0.6) is 0 Å². The Morgan fingerprint density at radius 2 is 2.25 bits per heavy atom. The van der Waals surface area contributed by atoms with E-state index in [0.717, 1.165) is 22.3 Å². The quantitative estimate of drug-likeness (QED) is 0.633. The summed E-state index contributed by atoms with van der Waals surface area (Å²) < 4.78 is 1.42. The monoisotopic (exact) mass is 232 g/mol. The fourth-order valence-corrected chi connectivity index (χ4v) is 1.96. The molecule has 3 N–H and O–H groups in total. The number of para-hydroxylation sites is 1. The number of H-pyrrole nitrogens is 1. The highest BCUT2D eigenvalue weighted by atomic mass is 35.5. The van der Waals surface area contributed by atoms with Crippen molar-refractivity contribution in [3.05, 3.63) is 41.8 Å². The van der Waals surface area contributed by atoms with E-state index in [1.807, 2.05) is 24.3 Å². The molecule has 16 heavy (non-hydrogen) atoms. The molecule has 0 bridgehead atoms. The van der Waals surface area contributed by atoms with Crippen LogP contribution in [0.2, 0.25) is 5.02 Å². The number of nitrogens with zero attached hydrogens (tertiary/aromatic N) is 2. The Bertz CT molecular complexity index is 653. The molecule has 1 aromatic carbocycles. The van der Waals surface area contributed by atoms with Crippen LogP contribution in [-0.2, 0) is 0 Å². The second-order valence-electron chi connectivity index (χ2n) is 3.59. The minimum absolute atomic E-state index is 0.705. The molecule has 3 rings (SSSR count). The maximum absolute atomic E-state index is 6.08. The molecule has 5 heteroatoms. The Balaban J connectivity index is 2.22. The summed E-state index contributed by atoms with van der Waals surface area (Å²) in [6.45, 7) is 0. The van der Waals surface area contributed by atoms with Gasteiger partial charge in [-0.25, -0.2) is 4.98 Å². The SMILES string of the molecule is Nn1cnc(-c2cc3cccc(Cl)c3[nH]2)c1. The standard InChI is InChI=1S/C11H9ClN4/c12-8-3-1-2-7-4-9(15-11(7)8)10-5-16(13)6-14-10/h1-6,15H,13H2.